The van der Waals surface area contributed by atoms with E-state index in [1.807, 2.05) is 21.0 Å². The molecule has 0 saturated carbocycles. The fourth-order valence-corrected chi connectivity index (χ4v) is 4.27. The van der Waals surface area contributed by atoms with Crippen molar-refractivity contribution in [3.8, 4) is 11.5 Å². The third-order valence-electron chi connectivity index (χ3n) is 4.35. The molecule has 0 spiro atoms. The molecular weight excluding hydrogens is 410 g/mol. The Labute approximate surface area is 176 Å². The predicted octanol–water partition coefficient (Wildman–Crippen LogP) is 4.50. The summed E-state index contributed by atoms with van der Waals surface area (Å²) in [6.07, 6.45) is 0.819. The Morgan fingerprint density at radius 1 is 1.10 bits per heavy atom. The van der Waals surface area contributed by atoms with Crippen LogP contribution in [0.25, 0.3) is 11.5 Å². The van der Waals surface area contributed by atoms with E-state index in [0.29, 0.717) is 17.1 Å². The molecule has 1 aromatic heterocycles. The highest BCUT2D eigenvalue weighted by Crippen LogP contribution is 2.34. The molecule has 3 rings (SSSR count). The maximum absolute atomic E-state index is 13.2. The van der Waals surface area contributed by atoms with Crippen LogP contribution in [0.3, 0.4) is 0 Å². The van der Waals surface area contributed by atoms with Crippen molar-refractivity contribution in [2.75, 3.05) is 32.5 Å². The molecule has 0 unspecified atom stereocenters. The molecule has 1 heterocycles. The molecular formula is C21H24ClN3O3S. The monoisotopic (exact) mass is 433 g/mol. The first-order valence-electron chi connectivity index (χ1n) is 9.25. The minimum absolute atomic E-state index is 0.124. The lowest BCUT2D eigenvalue weighted by Gasteiger charge is -2.10. The summed E-state index contributed by atoms with van der Waals surface area (Å²) >= 11 is 6.26. The van der Waals surface area contributed by atoms with E-state index in [4.69, 9.17) is 16.0 Å². The summed E-state index contributed by atoms with van der Waals surface area (Å²) in [5.74, 6) is 0.288. The van der Waals surface area contributed by atoms with Crippen molar-refractivity contribution in [3.05, 3.63) is 59.1 Å². The van der Waals surface area contributed by atoms with Crippen LogP contribution >= 0.6 is 11.6 Å². The lowest BCUT2D eigenvalue weighted by Crippen LogP contribution is -2.17. The quantitative estimate of drug-likeness (QED) is 0.527. The largest absolute Gasteiger partial charge is 0.419 e. The molecule has 0 aliphatic heterocycles. The van der Waals surface area contributed by atoms with Gasteiger partial charge in [-0.15, -0.1) is 0 Å². The lowest BCUT2D eigenvalue weighted by atomic mass is 10.2. The van der Waals surface area contributed by atoms with Crippen molar-refractivity contribution in [1.82, 2.24) is 9.88 Å². The van der Waals surface area contributed by atoms with Gasteiger partial charge in [-0.25, -0.2) is 8.42 Å². The van der Waals surface area contributed by atoms with Crippen molar-refractivity contribution in [3.63, 3.8) is 0 Å². The van der Waals surface area contributed by atoms with Gasteiger partial charge in [-0.3, -0.25) is 0 Å². The number of nitrogens with one attached hydrogen (secondary N) is 1. The molecule has 0 bridgehead atoms. The normalized spacial score (nSPS) is 11.8. The smallest absolute Gasteiger partial charge is 0.233 e. The van der Waals surface area contributed by atoms with Gasteiger partial charge in [0, 0.05) is 6.54 Å². The van der Waals surface area contributed by atoms with Crippen molar-refractivity contribution in [2.45, 2.75) is 23.3 Å². The zero-order valence-corrected chi connectivity index (χ0v) is 18.2. The van der Waals surface area contributed by atoms with Crippen LogP contribution in [0.2, 0.25) is 5.02 Å². The summed E-state index contributed by atoms with van der Waals surface area (Å²) < 4.78 is 32.3. The van der Waals surface area contributed by atoms with Gasteiger partial charge < -0.3 is 14.6 Å². The third-order valence-corrected chi connectivity index (χ3v) is 6.36. The van der Waals surface area contributed by atoms with E-state index >= 15 is 0 Å². The molecule has 6 nitrogen and oxygen atoms in total. The third kappa shape index (κ3) is 4.98. The summed E-state index contributed by atoms with van der Waals surface area (Å²) in [5.41, 5.74) is 1.51. The highest BCUT2D eigenvalue weighted by Gasteiger charge is 2.28. The molecule has 0 atom stereocenters. The Morgan fingerprint density at radius 2 is 1.79 bits per heavy atom. The van der Waals surface area contributed by atoms with Gasteiger partial charge in [-0.05, 0) is 58.3 Å². The van der Waals surface area contributed by atoms with E-state index in [9.17, 15) is 8.42 Å². The van der Waals surface area contributed by atoms with E-state index in [2.05, 4.69) is 15.2 Å². The number of aromatic nitrogens is 1. The molecule has 1 N–H and O–H groups in total. The second-order valence-electron chi connectivity index (χ2n) is 7.03. The Balaban J connectivity index is 2.01. The van der Waals surface area contributed by atoms with Crippen LogP contribution in [0.5, 0.6) is 0 Å². The molecule has 0 saturated heterocycles. The maximum atomic E-state index is 13.2. The summed E-state index contributed by atoms with van der Waals surface area (Å²) in [6, 6.07) is 13.7. The molecule has 0 amide bonds. The van der Waals surface area contributed by atoms with Crippen molar-refractivity contribution in [1.29, 1.82) is 0 Å². The van der Waals surface area contributed by atoms with Gasteiger partial charge in [-0.2, -0.15) is 4.98 Å². The first kappa shape index (κ1) is 21.4. The molecule has 0 fully saturated rings. The zero-order valence-electron chi connectivity index (χ0n) is 16.6. The molecule has 3 aromatic rings. The van der Waals surface area contributed by atoms with Crippen molar-refractivity contribution < 1.29 is 12.8 Å². The van der Waals surface area contributed by atoms with Crippen molar-refractivity contribution >= 4 is 27.3 Å². The average Bonchev–Trinajstić information content (AvgIpc) is 3.10. The van der Waals surface area contributed by atoms with Crippen LogP contribution in [0.1, 0.15) is 12.0 Å². The second kappa shape index (κ2) is 8.98. The lowest BCUT2D eigenvalue weighted by molar-refractivity contribution is 0.404. The number of hydrogen-bond donors (Lipinski definition) is 1. The number of benzene rings is 2. The van der Waals surface area contributed by atoms with Gasteiger partial charge in [0.2, 0.25) is 26.6 Å². The number of hydrogen-bond acceptors (Lipinski definition) is 6. The van der Waals surface area contributed by atoms with Gasteiger partial charge >= 0.3 is 0 Å². The number of sulfone groups is 1. The van der Waals surface area contributed by atoms with E-state index in [1.54, 1.807) is 48.5 Å². The summed E-state index contributed by atoms with van der Waals surface area (Å²) in [5, 5.41) is 3.39. The summed E-state index contributed by atoms with van der Waals surface area (Å²) in [7, 11) is 0.106. The summed E-state index contributed by atoms with van der Waals surface area (Å²) in [4.78, 5) is 6.54. The Kier molecular flexibility index (Phi) is 6.62. The van der Waals surface area contributed by atoms with Gasteiger partial charge in [0.1, 0.15) is 0 Å². The summed E-state index contributed by atoms with van der Waals surface area (Å²) in [6.45, 7) is 3.31. The van der Waals surface area contributed by atoms with Crippen LogP contribution < -0.4 is 5.32 Å². The SMILES string of the molecule is Cc1ccc(S(=O)(=O)c2nc(-c3ccccc3Cl)oc2NCCCN(C)C)cc1. The molecule has 154 valence electrons. The molecule has 0 radical (unpaired) electrons. The van der Waals surface area contributed by atoms with Crippen LogP contribution in [0.4, 0.5) is 5.88 Å². The highest BCUT2D eigenvalue weighted by molar-refractivity contribution is 7.91. The van der Waals surface area contributed by atoms with Crippen LogP contribution in [-0.2, 0) is 9.84 Å². The fraction of sp³-hybridized carbons (Fsp3) is 0.286. The van der Waals surface area contributed by atoms with E-state index < -0.39 is 9.84 Å². The average molecular weight is 434 g/mol. The van der Waals surface area contributed by atoms with Gasteiger partial charge in [0.05, 0.1) is 15.5 Å². The fourth-order valence-electron chi connectivity index (χ4n) is 2.78. The minimum atomic E-state index is -3.86. The topological polar surface area (TPSA) is 75.4 Å². The number of nitrogens with zero attached hydrogens (tertiary/aromatic N) is 2. The molecule has 8 heteroatoms. The van der Waals surface area contributed by atoms with Crippen molar-refractivity contribution in [2.24, 2.45) is 0 Å². The standard InChI is InChI=1S/C21H24ClN3O3S/c1-15-9-11-16(12-10-15)29(26,27)21-20(23-13-6-14-25(2)3)28-19(24-21)17-7-4-5-8-18(17)22/h4-5,7-12,23H,6,13-14H2,1-3H3. The van der Waals surface area contributed by atoms with Gasteiger partial charge in [0.15, 0.2) is 0 Å². The molecule has 2 aromatic carbocycles. The zero-order chi connectivity index (χ0) is 21.0. The Morgan fingerprint density at radius 3 is 2.45 bits per heavy atom. The first-order valence-corrected chi connectivity index (χ1v) is 11.1. The number of anilines is 1. The second-order valence-corrected chi connectivity index (χ2v) is 9.31. The molecule has 0 aliphatic rings. The molecule has 29 heavy (non-hydrogen) atoms. The number of halogens is 1. The van der Waals surface area contributed by atoms with Crippen LogP contribution in [0.15, 0.2) is 62.9 Å². The Bertz CT molecular complexity index is 1080. The maximum Gasteiger partial charge on any atom is 0.233 e. The number of rotatable bonds is 8. The minimum Gasteiger partial charge on any atom is -0.419 e. The van der Waals surface area contributed by atoms with Crippen LogP contribution in [-0.4, -0.2) is 45.5 Å². The Hall–Kier alpha value is -2.35. The number of oxazole rings is 1. The van der Waals surface area contributed by atoms with E-state index in [0.717, 1.165) is 18.5 Å². The first-order chi connectivity index (χ1) is 13.8. The highest BCUT2D eigenvalue weighted by atomic mass is 35.5. The van der Waals surface area contributed by atoms with Crippen LogP contribution in [0, 0.1) is 6.92 Å². The van der Waals surface area contributed by atoms with Gasteiger partial charge in [-0.1, -0.05) is 41.4 Å². The number of aryl methyl sites for hydroxylation is 1. The van der Waals surface area contributed by atoms with E-state index in [-0.39, 0.29) is 21.7 Å². The molecule has 0 aliphatic carbocycles. The van der Waals surface area contributed by atoms with Gasteiger partial charge in [0.25, 0.3) is 0 Å². The van der Waals surface area contributed by atoms with E-state index in [1.165, 1.54) is 0 Å². The predicted molar refractivity (Wildman–Crippen MR) is 115 cm³/mol.